The number of hydrogen-bond donors (Lipinski definition) is 0. The van der Waals surface area contributed by atoms with Crippen molar-refractivity contribution in [3.05, 3.63) is 11.2 Å². The van der Waals surface area contributed by atoms with Crippen LogP contribution in [0, 0.1) is 0 Å². The van der Waals surface area contributed by atoms with E-state index in [2.05, 4.69) is 47.8 Å². The van der Waals surface area contributed by atoms with Gasteiger partial charge in [0.2, 0.25) is 11.3 Å². The fourth-order valence-corrected chi connectivity index (χ4v) is 1.89. The molecule has 0 saturated carbocycles. The zero-order valence-corrected chi connectivity index (χ0v) is 10.6. The van der Waals surface area contributed by atoms with Gasteiger partial charge in [0.25, 0.3) is 5.16 Å². The van der Waals surface area contributed by atoms with Gasteiger partial charge in [-0.1, -0.05) is 0 Å². The molecule has 0 aliphatic heterocycles. The molecule has 0 rings (SSSR count). The van der Waals surface area contributed by atoms with Crippen LogP contribution in [0.5, 0.6) is 0 Å². The molecule has 0 fully saturated rings. The van der Waals surface area contributed by atoms with Crippen molar-refractivity contribution >= 4 is 57.6 Å². The molecule has 0 N–H and O–H groups in total. The monoisotopic (exact) mass is 394 g/mol. The van der Waals surface area contributed by atoms with Crippen LogP contribution in [0.15, 0.2) is 11.2 Å². The number of sulfone groups is 1. The van der Waals surface area contributed by atoms with E-state index in [1.807, 2.05) is 0 Å². The number of halogens is 6. The molecule has 72 valence electrons. The van der Waals surface area contributed by atoms with Gasteiger partial charge in [0.15, 0.2) is 0 Å². The highest BCUT2D eigenvalue weighted by Gasteiger charge is 2.42. The summed E-state index contributed by atoms with van der Waals surface area (Å²) in [6, 6.07) is 0. The normalized spacial score (nSPS) is 12.8. The van der Waals surface area contributed by atoms with Crippen LogP contribution in [0.25, 0.3) is 0 Å². The lowest BCUT2D eigenvalue weighted by Crippen LogP contribution is -2.18. The second-order valence-electron chi connectivity index (χ2n) is 1.48. The average molecular weight is 397 g/mol. The molecule has 2 nitrogen and oxygen atoms in total. The van der Waals surface area contributed by atoms with Crippen LogP contribution in [0.2, 0.25) is 0 Å². The molecule has 0 unspecified atom stereocenters. The molecule has 0 aromatic carbocycles. The molecule has 0 heterocycles. The second kappa shape index (κ2) is 3.97. The highest BCUT2D eigenvalue weighted by molar-refractivity contribution is 9.42. The number of hydrogen-bond acceptors (Lipinski definition) is 2. The Morgan fingerprint density at radius 3 is 1.50 bits per heavy atom. The molecule has 0 amide bonds. The van der Waals surface area contributed by atoms with Gasteiger partial charge < -0.3 is 0 Å². The molecular weight excluding hydrogens is 397 g/mol. The minimum atomic E-state index is -4.76. The van der Waals surface area contributed by atoms with Crippen LogP contribution in [0.3, 0.4) is 0 Å². The maximum Gasteiger partial charge on any atom is 0.317 e. The molecular formula is C3Br3F3O2S. The minimum Gasteiger partial charge on any atom is -0.218 e. The van der Waals surface area contributed by atoms with Crippen molar-refractivity contribution < 1.29 is 21.6 Å². The minimum absolute atomic E-state index is 2.10. The Morgan fingerprint density at radius 2 is 1.42 bits per heavy atom. The van der Waals surface area contributed by atoms with Gasteiger partial charge in [0.1, 0.15) is 0 Å². The third-order valence-electron chi connectivity index (χ3n) is 0.689. The Balaban J connectivity index is 5.34. The van der Waals surface area contributed by atoms with Crippen molar-refractivity contribution in [3.8, 4) is 0 Å². The summed E-state index contributed by atoms with van der Waals surface area (Å²) in [5, 5.41) is -2.48. The summed E-state index contributed by atoms with van der Waals surface area (Å²) in [5.41, 5.74) is 0. The molecule has 0 aliphatic carbocycles. The van der Waals surface area contributed by atoms with Crippen LogP contribution < -0.4 is 0 Å². The van der Waals surface area contributed by atoms with Gasteiger partial charge in [0.05, 0.1) is 0 Å². The molecule has 0 aliphatic rings. The predicted molar refractivity (Wildman–Crippen MR) is 48.8 cm³/mol. The van der Waals surface area contributed by atoms with E-state index in [0.29, 0.717) is 0 Å². The van der Waals surface area contributed by atoms with E-state index in [-0.39, 0.29) is 0 Å². The van der Waals surface area contributed by atoms with E-state index < -0.39 is 22.6 Å². The van der Waals surface area contributed by atoms with Gasteiger partial charge >= 0.3 is 6.08 Å². The molecule has 9 heteroatoms. The average Bonchev–Trinajstić information content (AvgIpc) is 1.83. The molecule has 0 radical (unpaired) electrons. The Bertz CT molecular complexity index is 299. The first-order valence-electron chi connectivity index (χ1n) is 2.13. The molecule has 0 spiro atoms. The van der Waals surface area contributed by atoms with Gasteiger partial charge in [0, 0.05) is 0 Å². The summed E-state index contributed by atoms with van der Waals surface area (Å²) in [6.07, 6.45) is -2.89. The van der Waals surface area contributed by atoms with Crippen LogP contribution >= 0.6 is 47.8 Å². The van der Waals surface area contributed by atoms with Gasteiger partial charge in [-0.2, -0.15) is 13.2 Å². The third-order valence-corrected chi connectivity index (χ3v) is 5.76. The lowest BCUT2D eigenvalue weighted by atomic mass is 11.1. The molecule has 0 saturated heterocycles. The lowest BCUT2D eigenvalue weighted by molar-refractivity contribution is 0.391. The first-order chi connectivity index (χ1) is 5.10. The predicted octanol–water partition coefficient (Wildman–Crippen LogP) is 3.23. The molecule has 0 atom stereocenters. The third kappa shape index (κ3) is 2.71. The molecule has 12 heavy (non-hydrogen) atoms. The largest absolute Gasteiger partial charge is 0.317 e. The van der Waals surface area contributed by atoms with Gasteiger partial charge in [-0.25, -0.2) is 8.42 Å². The quantitative estimate of drug-likeness (QED) is 0.638. The van der Waals surface area contributed by atoms with Crippen molar-refractivity contribution in [1.82, 2.24) is 0 Å². The van der Waals surface area contributed by atoms with E-state index in [4.69, 9.17) is 0 Å². The zero-order chi connectivity index (χ0) is 10.2. The second-order valence-corrected chi connectivity index (χ2v) is 11.8. The summed E-state index contributed by atoms with van der Waals surface area (Å²) in [6.45, 7) is 0. The SMILES string of the molecule is O=S(=O)(C(F)=C(F)F)C(Br)(Br)Br. The Kier molecular flexibility index (Phi) is 4.28. The van der Waals surface area contributed by atoms with Crippen LogP contribution in [0.4, 0.5) is 13.2 Å². The smallest absolute Gasteiger partial charge is 0.218 e. The van der Waals surface area contributed by atoms with E-state index in [0.717, 1.165) is 0 Å². The molecule has 0 aromatic rings. The first kappa shape index (κ1) is 12.9. The summed E-state index contributed by atoms with van der Waals surface area (Å²) >= 11 is 7.22. The number of alkyl halides is 3. The topological polar surface area (TPSA) is 34.1 Å². The highest BCUT2D eigenvalue weighted by atomic mass is 80.0. The van der Waals surface area contributed by atoms with Gasteiger partial charge in [-0.15, -0.1) is 0 Å². The van der Waals surface area contributed by atoms with Crippen molar-refractivity contribution in [1.29, 1.82) is 0 Å². The molecule has 0 bridgehead atoms. The number of rotatable bonds is 1. The summed E-state index contributed by atoms with van der Waals surface area (Å²) in [7, 11) is -4.76. The maximum absolute atomic E-state index is 12.3. The Morgan fingerprint density at radius 1 is 1.08 bits per heavy atom. The fourth-order valence-electron chi connectivity index (χ4n) is 0.203. The van der Waals surface area contributed by atoms with Gasteiger partial charge in [-0.3, -0.25) is 0 Å². The van der Waals surface area contributed by atoms with Crippen molar-refractivity contribution in [3.63, 3.8) is 0 Å². The first-order valence-corrected chi connectivity index (χ1v) is 5.99. The zero-order valence-electron chi connectivity index (χ0n) is 4.99. The summed E-state index contributed by atoms with van der Waals surface area (Å²) in [5.74, 6) is 0. The standard InChI is InChI=1S/C3Br3F3O2S/c4-3(5,6)12(10,11)2(9)1(7)8. The van der Waals surface area contributed by atoms with Crippen LogP contribution in [0.1, 0.15) is 0 Å². The van der Waals surface area contributed by atoms with E-state index in [1.165, 1.54) is 0 Å². The Hall–Kier alpha value is 0.920. The van der Waals surface area contributed by atoms with E-state index in [9.17, 15) is 21.6 Å². The highest BCUT2D eigenvalue weighted by Crippen LogP contribution is 2.44. The van der Waals surface area contributed by atoms with Crippen molar-refractivity contribution in [2.24, 2.45) is 0 Å². The van der Waals surface area contributed by atoms with Crippen LogP contribution in [-0.2, 0) is 9.84 Å². The van der Waals surface area contributed by atoms with Gasteiger partial charge in [-0.05, 0) is 47.8 Å². The summed E-state index contributed by atoms with van der Waals surface area (Å²) in [4.78, 5) is 0. The van der Waals surface area contributed by atoms with Crippen molar-refractivity contribution in [2.75, 3.05) is 0 Å². The lowest BCUT2D eigenvalue weighted by Gasteiger charge is -2.09. The molecule has 0 aromatic heterocycles. The van der Waals surface area contributed by atoms with E-state index >= 15 is 0 Å². The maximum atomic E-state index is 12.3. The summed E-state index contributed by atoms with van der Waals surface area (Å²) < 4.78 is 54.7. The fraction of sp³-hybridized carbons (Fsp3) is 0.333. The Labute approximate surface area is 91.5 Å². The van der Waals surface area contributed by atoms with E-state index in [1.54, 1.807) is 0 Å². The van der Waals surface area contributed by atoms with Crippen LogP contribution in [-0.4, -0.2) is 9.89 Å². The van der Waals surface area contributed by atoms with Crippen molar-refractivity contribution in [2.45, 2.75) is 1.47 Å².